The Hall–Kier alpha value is -6.94. The van der Waals surface area contributed by atoms with Gasteiger partial charge in [-0.1, -0.05) is 164 Å². The zero-order valence-corrected chi connectivity index (χ0v) is 34.5. The first-order valence-corrected chi connectivity index (χ1v) is 21.9. The third kappa shape index (κ3) is 7.27. The maximum Gasteiger partial charge on any atom is 0.136 e. The summed E-state index contributed by atoms with van der Waals surface area (Å²) in [5, 5.41) is 30.9. The second-order valence-corrected chi connectivity index (χ2v) is 16.8. The van der Waals surface area contributed by atoms with Crippen molar-refractivity contribution in [1.29, 1.82) is 0 Å². The summed E-state index contributed by atoms with van der Waals surface area (Å²) in [6, 6.07) is 73.9. The molecule has 7 heteroatoms. The highest BCUT2D eigenvalue weighted by molar-refractivity contribution is 6.12. The van der Waals surface area contributed by atoms with Gasteiger partial charge in [-0.3, -0.25) is 31.9 Å². The normalized spacial score (nSPS) is 21.6. The lowest BCUT2D eigenvalue weighted by molar-refractivity contribution is 0.199. The molecule has 2 fully saturated rings. The highest BCUT2D eigenvalue weighted by atomic mass is 16.3. The third-order valence-electron chi connectivity index (χ3n) is 12.8. The smallest absolute Gasteiger partial charge is 0.136 e. The maximum atomic E-state index is 6.46. The van der Waals surface area contributed by atoms with Crippen molar-refractivity contribution < 1.29 is 4.42 Å². The summed E-state index contributed by atoms with van der Waals surface area (Å²) in [7, 11) is 0. The van der Waals surface area contributed by atoms with Crippen LogP contribution < -0.4 is 31.9 Å². The zero-order chi connectivity index (χ0) is 41.7. The van der Waals surface area contributed by atoms with E-state index in [4.69, 9.17) is 4.42 Å². The number of hydrogen-bond donors (Lipinski definition) is 6. The minimum Gasteiger partial charge on any atom is -0.456 e. The molecule has 6 N–H and O–H groups in total. The average Bonchev–Trinajstić information content (AvgIpc) is 3.75. The fraction of sp³-hybridized carbons (Fsp3) is 0.107. The molecule has 6 unspecified atom stereocenters. The first-order chi connectivity index (χ1) is 31.2. The van der Waals surface area contributed by atoms with E-state index in [-0.39, 0.29) is 37.0 Å². The van der Waals surface area contributed by atoms with E-state index in [0.717, 1.165) is 44.2 Å². The standard InChI is InChI=1S/C56H46N6O/c1-3-16-37(17-4-1)51-57-53(41-28-26-35-14-7-9-20-39(35)30-41)61-55(59-51)44-32-43(46-23-13-25-49-50(46)47-22-11-12-24-48(47)63-49)33-45(34-44)56-60-52(38-18-5-2-6-19-38)58-54(62-56)42-29-27-36-15-8-10-21-40(36)31-42/h1-34,51-62H. The van der Waals surface area contributed by atoms with Crippen LogP contribution in [-0.4, -0.2) is 0 Å². The predicted octanol–water partition coefficient (Wildman–Crippen LogP) is 11.9. The molecule has 2 saturated heterocycles. The van der Waals surface area contributed by atoms with Crippen LogP contribution in [0.5, 0.6) is 0 Å². The molecule has 63 heavy (non-hydrogen) atoms. The molecule has 1 aromatic heterocycles. The molecule has 12 rings (SSSR count). The zero-order valence-electron chi connectivity index (χ0n) is 34.5. The number of hydrogen-bond acceptors (Lipinski definition) is 7. The van der Waals surface area contributed by atoms with E-state index in [1.807, 2.05) is 6.07 Å². The van der Waals surface area contributed by atoms with Crippen molar-refractivity contribution in [2.24, 2.45) is 0 Å². The number of furan rings is 1. The van der Waals surface area contributed by atoms with Crippen LogP contribution in [0.15, 0.2) is 211 Å². The highest BCUT2D eigenvalue weighted by Gasteiger charge is 2.33. The minimum absolute atomic E-state index is 0.128. The molecule has 3 heterocycles. The van der Waals surface area contributed by atoms with Crippen LogP contribution in [0.4, 0.5) is 0 Å². The first-order valence-electron chi connectivity index (χ1n) is 21.9. The molecule has 0 amide bonds. The van der Waals surface area contributed by atoms with Crippen molar-refractivity contribution in [3.05, 3.63) is 240 Å². The van der Waals surface area contributed by atoms with Crippen molar-refractivity contribution in [2.45, 2.75) is 37.0 Å². The van der Waals surface area contributed by atoms with Gasteiger partial charge in [0.1, 0.15) is 11.2 Å². The molecule has 2 aliphatic heterocycles. The number of para-hydroxylation sites is 1. The van der Waals surface area contributed by atoms with Gasteiger partial charge in [-0.05, 0) is 109 Å². The van der Waals surface area contributed by atoms with E-state index < -0.39 is 0 Å². The SMILES string of the molecule is c1ccc(C2NC(c3cc(-c4cccc5oc6ccccc6c45)cc(C4NC(c5ccccc5)NC(c5ccc6ccccc6c5)N4)c3)NC(c3ccc4ccccc4c3)N2)cc1. The summed E-state index contributed by atoms with van der Waals surface area (Å²) in [6.07, 6.45) is -0.998. The topological polar surface area (TPSA) is 85.3 Å². The summed E-state index contributed by atoms with van der Waals surface area (Å²) < 4.78 is 6.46. The molecule has 0 spiro atoms. The van der Waals surface area contributed by atoms with Crippen LogP contribution in [0, 0.1) is 0 Å². The Kier molecular flexibility index (Phi) is 9.64. The van der Waals surface area contributed by atoms with Gasteiger partial charge in [0.05, 0.1) is 37.0 Å². The summed E-state index contributed by atoms with van der Waals surface area (Å²) in [5.74, 6) is 0. The third-order valence-corrected chi connectivity index (χ3v) is 12.8. The first kappa shape index (κ1) is 37.8. The molecule has 0 saturated carbocycles. The number of fused-ring (bicyclic) bond motifs is 5. The van der Waals surface area contributed by atoms with E-state index >= 15 is 0 Å². The molecule has 0 aliphatic carbocycles. The molecular weight excluding hydrogens is 773 g/mol. The molecule has 306 valence electrons. The van der Waals surface area contributed by atoms with Crippen LogP contribution in [0.1, 0.15) is 70.4 Å². The van der Waals surface area contributed by atoms with Gasteiger partial charge in [-0.15, -0.1) is 0 Å². The lowest BCUT2D eigenvalue weighted by Crippen LogP contribution is -2.55. The van der Waals surface area contributed by atoms with Crippen molar-refractivity contribution >= 4 is 43.5 Å². The molecule has 10 aromatic rings. The Morgan fingerprint density at radius 1 is 0.286 bits per heavy atom. The van der Waals surface area contributed by atoms with Gasteiger partial charge in [0.15, 0.2) is 0 Å². The molecule has 9 aromatic carbocycles. The van der Waals surface area contributed by atoms with E-state index in [1.54, 1.807) is 0 Å². The lowest BCUT2D eigenvalue weighted by atomic mass is 9.93. The fourth-order valence-corrected chi connectivity index (χ4v) is 9.69. The van der Waals surface area contributed by atoms with Crippen molar-refractivity contribution in [3.8, 4) is 11.1 Å². The minimum atomic E-state index is -0.227. The van der Waals surface area contributed by atoms with Gasteiger partial charge in [0, 0.05) is 10.8 Å². The van der Waals surface area contributed by atoms with Gasteiger partial charge in [-0.25, -0.2) is 0 Å². The largest absolute Gasteiger partial charge is 0.456 e. The monoisotopic (exact) mass is 818 g/mol. The second-order valence-electron chi connectivity index (χ2n) is 16.8. The summed E-state index contributed by atoms with van der Waals surface area (Å²) in [4.78, 5) is 0. The average molecular weight is 819 g/mol. The van der Waals surface area contributed by atoms with Gasteiger partial charge in [0.25, 0.3) is 0 Å². The fourth-order valence-electron chi connectivity index (χ4n) is 9.69. The Bertz CT molecular complexity index is 3100. The highest BCUT2D eigenvalue weighted by Crippen LogP contribution is 2.40. The number of rotatable bonds is 7. The quantitative estimate of drug-likeness (QED) is 0.0955. The van der Waals surface area contributed by atoms with Gasteiger partial charge in [0.2, 0.25) is 0 Å². The Balaban J connectivity index is 1.01. The molecular formula is C56H46N6O. The van der Waals surface area contributed by atoms with E-state index in [2.05, 4.69) is 232 Å². The van der Waals surface area contributed by atoms with E-state index in [0.29, 0.717) is 0 Å². The van der Waals surface area contributed by atoms with Gasteiger partial charge >= 0.3 is 0 Å². The maximum absolute atomic E-state index is 6.46. The van der Waals surface area contributed by atoms with E-state index in [9.17, 15) is 0 Å². The van der Waals surface area contributed by atoms with Crippen LogP contribution in [0.3, 0.4) is 0 Å². The summed E-state index contributed by atoms with van der Waals surface area (Å²) in [5.41, 5.74) is 10.9. The van der Waals surface area contributed by atoms with Crippen LogP contribution in [-0.2, 0) is 0 Å². The molecule has 2 aliphatic rings. The van der Waals surface area contributed by atoms with Crippen LogP contribution >= 0.6 is 0 Å². The number of benzene rings is 9. The van der Waals surface area contributed by atoms with Crippen molar-refractivity contribution in [2.75, 3.05) is 0 Å². The van der Waals surface area contributed by atoms with Crippen LogP contribution in [0.25, 0.3) is 54.6 Å². The Morgan fingerprint density at radius 2 is 0.714 bits per heavy atom. The predicted molar refractivity (Wildman–Crippen MR) is 255 cm³/mol. The Labute approximate surface area is 366 Å². The molecule has 7 nitrogen and oxygen atoms in total. The van der Waals surface area contributed by atoms with E-state index in [1.165, 1.54) is 43.8 Å². The summed E-state index contributed by atoms with van der Waals surface area (Å²) in [6.45, 7) is 0. The van der Waals surface area contributed by atoms with Gasteiger partial charge < -0.3 is 4.42 Å². The summed E-state index contributed by atoms with van der Waals surface area (Å²) >= 11 is 0. The Morgan fingerprint density at radius 3 is 1.25 bits per heavy atom. The van der Waals surface area contributed by atoms with Gasteiger partial charge in [-0.2, -0.15) is 0 Å². The number of nitrogens with one attached hydrogen (secondary N) is 6. The van der Waals surface area contributed by atoms with Crippen LogP contribution in [0.2, 0.25) is 0 Å². The molecule has 0 bridgehead atoms. The molecule has 0 radical (unpaired) electrons. The second kappa shape index (κ2) is 16.1. The van der Waals surface area contributed by atoms with Crippen molar-refractivity contribution in [3.63, 3.8) is 0 Å². The lowest BCUT2D eigenvalue weighted by Gasteiger charge is -2.41. The van der Waals surface area contributed by atoms with Crippen molar-refractivity contribution in [1.82, 2.24) is 31.9 Å². The molecule has 6 atom stereocenters.